The summed E-state index contributed by atoms with van der Waals surface area (Å²) >= 11 is 0. The number of guanidine groups is 1. The van der Waals surface area contributed by atoms with Crippen LogP contribution in [0.5, 0.6) is 0 Å². The van der Waals surface area contributed by atoms with Gasteiger partial charge in [0, 0.05) is 13.0 Å². The molecular formula is C38H69N9O8. The van der Waals surface area contributed by atoms with Gasteiger partial charge in [-0.05, 0) is 68.1 Å². The quantitative estimate of drug-likeness (QED) is 0.0415. The molecule has 55 heavy (non-hydrogen) atoms. The van der Waals surface area contributed by atoms with Crippen molar-refractivity contribution >= 4 is 47.4 Å². The molecule has 1 aliphatic heterocycles. The van der Waals surface area contributed by atoms with E-state index in [-0.39, 0.29) is 61.3 Å². The first kappa shape index (κ1) is 48.6. The van der Waals surface area contributed by atoms with E-state index < -0.39 is 90.2 Å². The highest BCUT2D eigenvalue weighted by Gasteiger charge is 2.40. The summed E-state index contributed by atoms with van der Waals surface area (Å²) in [6.45, 7) is 19.9. The number of carbonyl (C=O) groups excluding carboxylic acids is 7. The molecule has 1 rings (SSSR count). The molecule has 0 radical (unpaired) electrons. The average molecular weight is 780 g/mol. The van der Waals surface area contributed by atoms with Crippen molar-refractivity contribution in [3.05, 3.63) is 0 Å². The van der Waals surface area contributed by atoms with Gasteiger partial charge in [0.15, 0.2) is 5.96 Å². The number of hydrogen-bond donors (Lipinski definition) is 8. The molecule has 0 aromatic carbocycles. The van der Waals surface area contributed by atoms with E-state index in [1.807, 2.05) is 55.4 Å². The van der Waals surface area contributed by atoms with Crippen LogP contribution < -0.4 is 43.4 Å². The summed E-state index contributed by atoms with van der Waals surface area (Å²) in [6.07, 6.45) is 0.124. The molecule has 1 heterocycles. The second-order valence-corrected chi connectivity index (χ2v) is 16.3. The van der Waals surface area contributed by atoms with Gasteiger partial charge in [-0.15, -0.1) is 0 Å². The molecular weight excluding hydrogens is 710 g/mol. The van der Waals surface area contributed by atoms with E-state index in [0.29, 0.717) is 12.8 Å². The number of rotatable bonds is 18. The van der Waals surface area contributed by atoms with Gasteiger partial charge in [0.2, 0.25) is 35.4 Å². The first-order valence-corrected chi connectivity index (χ1v) is 19.6. The van der Waals surface area contributed by atoms with E-state index in [1.54, 1.807) is 13.8 Å². The molecule has 17 nitrogen and oxygen atoms in total. The number of ether oxygens (including phenoxy) is 1. The summed E-state index contributed by atoms with van der Waals surface area (Å²) < 4.78 is 5.79. The van der Waals surface area contributed by atoms with Gasteiger partial charge in [-0.3, -0.25) is 33.8 Å². The monoisotopic (exact) mass is 780 g/mol. The Balaban J connectivity index is 3.63. The zero-order valence-electron chi connectivity index (χ0n) is 34.7. The maximum absolute atomic E-state index is 14.2. The Bertz CT molecular complexity index is 1350. The molecule has 0 unspecified atom stereocenters. The molecule has 0 aliphatic carbocycles. The van der Waals surface area contributed by atoms with Crippen LogP contribution in [0.15, 0.2) is 4.99 Å². The predicted octanol–water partition coefficient (Wildman–Crippen LogP) is 0.592. The molecule has 0 saturated carbocycles. The standard InChI is InChI=1S/C38H69N9O8/c1-19(2)14-15-28(48)43-27(17-20(3)4)34(51)44-26(13-12-16-41-38(39)40)33(50)47-32-25(11)55-37(54)31(24(10)22(7)8)45-29(49)18-42-35(52)30(46-36(32)53)23(9)21(5)6/h19-27,30-32H,12-18H2,1-11H3,(H,42,52)(H,43,48)(H,44,51)(H,45,49)(H,46,53)(H,47,50)(H4,39,40,41)/t23-,24+,25+,26+,27-,30-,31-,32-/m0/s1. The van der Waals surface area contributed by atoms with Crippen LogP contribution in [0.25, 0.3) is 0 Å². The van der Waals surface area contributed by atoms with Crippen molar-refractivity contribution in [1.29, 1.82) is 0 Å². The van der Waals surface area contributed by atoms with Crippen molar-refractivity contribution in [2.45, 2.75) is 145 Å². The molecule has 17 heteroatoms. The van der Waals surface area contributed by atoms with Crippen LogP contribution in [0.1, 0.15) is 108 Å². The Labute approximate surface area is 326 Å². The second kappa shape index (κ2) is 23.5. The lowest BCUT2D eigenvalue weighted by Crippen LogP contribution is -2.62. The highest BCUT2D eigenvalue weighted by molar-refractivity contribution is 5.97. The van der Waals surface area contributed by atoms with Crippen LogP contribution in [0.2, 0.25) is 0 Å². The fraction of sp³-hybridized carbons (Fsp3) is 0.789. The molecule has 8 atom stereocenters. The first-order chi connectivity index (χ1) is 25.5. The Morgan fingerprint density at radius 1 is 0.782 bits per heavy atom. The molecule has 6 amide bonds. The van der Waals surface area contributed by atoms with Crippen LogP contribution in [-0.4, -0.2) is 96.8 Å². The number of hydrogen-bond acceptors (Lipinski definition) is 9. The summed E-state index contributed by atoms with van der Waals surface area (Å²) in [4.78, 5) is 98.9. The van der Waals surface area contributed by atoms with Crippen LogP contribution in [0, 0.1) is 35.5 Å². The van der Waals surface area contributed by atoms with Crippen molar-refractivity contribution in [3.63, 3.8) is 0 Å². The average Bonchev–Trinajstić information content (AvgIpc) is 3.09. The molecule has 1 aliphatic rings. The molecule has 0 spiro atoms. The number of amides is 6. The number of nitrogens with one attached hydrogen (secondary N) is 6. The molecule has 0 aromatic heterocycles. The summed E-state index contributed by atoms with van der Waals surface area (Å²) in [5.74, 6) is -5.44. The second-order valence-electron chi connectivity index (χ2n) is 16.3. The van der Waals surface area contributed by atoms with Crippen LogP contribution in [0.4, 0.5) is 0 Å². The molecule has 1 fully saturated rings. The molecule has 10 N–H and O–H groups in total. The third-order valence-electron chi connectivity index (χ3n) is 9.97. The molecule has 1 saturated heterocycles. The van der Waals surface area contributed by atoms with Gasteiger partial charge in [0.25, 0.3) is 0 Å². The lowest BCUT2D eigenvalue weighted by Gasteiger charge is -2.32. The fourth-order valence-corrected chi connectivity index (χ4v) is 5.76. The predicted molar refractivity (Wildman–Crippen MR) is 210 cm³/mol. The number of nitrogens with zero attached hydrogens (tertiary/aromatic N) is 1. The van der Waals surface area contributed by atoms with Gasteiger partial charge in [-0.2, -0.15) is 0 Å². The SMILES string of the molecule is CC(C)CCC(=O)N[C@@H](CC(C)C)C(=O)N[C@H](CCCN=C(N)N)C(=O)N[C@@H]1C(=O)N[C@@H]([C@@H](C)C(C)C)C(=O)NCC(=O)N[C@@H]([C@H](C)C(C)C)C(=O)O[C@@H]1C. The van der Waals surface area contributed by atoms with Gasteiger partial charge < -0.3 is 48.1 Å². The smallest absolute Gasteiger partial charge is 0.329 e. The van der Waals surface area contributed by atoms with E-state index in [1.165, 1.54) is 6.92 Å². The minimum atomic E-state index is -1.54. The van der Waals surface area contributed by atoms with Gasteiger partial charge in [0.1, 0.15) is 36.3 Å². The number of esters is 1. The maximum Gasteiger partial charge on any atom is 0.329 e. The van der Waals surface area contributed by atoms with Gasteiger partial charge in [-0.25, -0.2) is 4.79 Å². The first-order valence-electron chi connectivity index (χ1n) is 19.6. The van der Waals surface area contributed by atoms with E-state index in [4.69, 9.17) is 16.2 Å². The molecule has 0 bridgehead atoms. The topological polar surface area (TPSA) is 265 Å². The van der Waals surface area contributed by atoms with Crippen LogP contribution >= 0.6 is 0 Å². The third kappa shape index (κ3) is 17.3. The molecule has 0 aromatic rings. The fourth-order valence-electron chi connectivity index (χ4n) is 5.76. The molecule has 314 valence electrons. The largest absolute Gasteiger partial charge is 0.458 e. The number of cyclic esters (lactones) is 1. The number of carbonyl (C=O) groups is 7. The van der Waals surface area contributed by atoms with Crippen LogP contribution in [0.3, 0.4) is 0 Å². The minimum absolute atomic E-state index is 0.0142. The third-order valence-corrected chi connectivity index (χ3v) is 9.97. The zero-order chi connectivity index (χ0) is 42.2. The lowest BCUT2D eigenvalue weighted by molar-refractivity contribution is -0.157. The van der Waals surface area contributed by atoms with Gasteiger partial charge >= 0.3 is 5.97 Å². The van der Waals surface area contributed by atoms with E-state index >= 15 is 0 Å². The van der Waals surface area contributed by atoms with Crippen LogP contribution in [-0.2, 0) is 38.3 Å². The van der Waals surface area contributed by atoms with Crippen molar-refractivity contribution < 1.29 is 38.3 Å². The van der Waals surface area contributed by atoms with E-state index in [2.05, 4.69) is 36.9 Å². The number of aliphatic imine (C=N–C) groups is 1. The number of nitrogens with two attached hydrogens (primary N) is 2. The van der Waals surface area contributed by atoms with Gasteiger partial charge in [0.05, 0.1) is 6.54 Å². The zero-order valence-corrected chi connectivity index (χ0v) is 34.7. The minimum Gasteiger partial charge on any atom is -0.458 e. The Morgan fingerprint density at radius 3 is 1.93 bits per heavy atom. The van der Waals surface area contributed by atoms with Crippen molar-refractivity contribution in [3.8, 4) is 0 Å². The Hall–Kier alpha value is -4.44. The van der Waals surface area contributed by atoms with Crippen molar-refractivity contribution in [1.82, 2.24) is 31.9 Å². The maximum atomic E-state index is 14.2. The Morgan fingerprint density at radius 2 is 1.38 bits per heavy atom. The lowest BCUT2D eigenvalue weighted by atomic mass is 9.89. The highest BCUT2D eigenvalue weighted by atomic mass is 16.5. The summed E-state index contributed by atoms with van der Waals surface area (Å²) in [5, 5.41) is 16.1. The normalized spacial score (nSPS) is 22.1. The van der Waals surface area contributed by atoms with E-state index in [0.717, 1.165) is 0 Å². The summed E-state index contributed by atoms with van der Waals surface area (Å²) in [6, 6.07) is -6.00. The summed E-state index contributed by atoms with van der Waals surface area (Å²) in [5.41, 5.74) is 11.0. The van der Waals surface area contributed by atoms with Crippen molar-refractivity contribution in [2.24, 2.45) is 52.0 Å². The van der Waals surface area contributed by atoms with E-state index in [9.17, 15) is 33.6 Å². The Kier molecular flexibility index (Phi) is 20.7. The van der Waals surface area contributed by atoms with Gasteiger partial charge in [-0.1, -0.05) is 69.2 Å². The highest BCUT2D eigenvalue weighted by Crippen LogP contribution is 2.19. The van der Waals surface area contributed by atoms with Crippen molar-refractivity contribution in [2.75, 3.05) is 13.1 Å². The summed E-state index contributed by atoms with van der Waals surface area (Å²) in [7, 11) is 0.